The van der Waals surface area contributed by atoms with Crippen molar-refractivity contribution in [2.45, 2.75) is 29.9 Å². The van der Waals surface area contributed by atoms with Gasteiger partial charge in [-0.25, -0.2) is 4.98 Å². The van der Waals surface area contributed by atoms with Crippen LogP contribution in [-0.4, -0.2) is 16.5 Å². The highest BCUT2D eigenvalue weighted by Gasteiger charge is 2.08. The molecule has 1 aromatic carbocycles. The molecule has 1 aromatic heterocycles. The van der Waals surface area contributed by atoms with Gasteiger partial charge < -0.3 is 10.3 Å². The molecule has 0 aliphatic carbocycles. The van der Waals surface area contributed by atoms with Crippen LogP contribution in [-0.2, 0) is 0 Å². The monoisotopic (exact) mass is 325 g/mol. The number of aromatic nitrogens is 2. The molecule has 96 valence electrons. The lowest BCUT2D eigenvalue weighted by atomic mass is 10.1. The second-order valence-corrected chi connectivity index (χ2v) is 5.85. The number of H-pyrrole nitrogens is 1. The molecule has 0 saturated heterocycles. The summed E-state index contributed by atoms with van der Waals surface area (Å²) in [6.07, 6.45) is 3.59. The van der Waals surface area contributed by atoms with Crippen molar-refractivity contribution in [1.82, 2.24) is 15.3 Å². The van der Waals surface area contributed by atoms with Crippen LogP contribution in [0.4, 0.5) is 0 Å². The molecule has 2 aromatic rings. The van der Waals surface area contributed by atoms with Gasteiger partial charge in [-0.3, -0.25) is 0 Å². The van der Waals surface area contributed by atoms with E-state index in [1.807, 2.05) is 6.20 Å². The zero-order valence-electron chi connectivity index (χ0n) is 10.4. The fraction of sp³-hybridized carbons (Fsp3) is 0.308. The minimum absolute atomic E-state index is 0.369. The van der Waals surface area contributed by atoms with Crippen LogP contribution < -0.4 is 5.32 Å². The summed E-state index contributed by atoms with van der Waals surface area (Å²) < 4.78 is 1.10. The maximum absolute atomic E-state index is 4.21. The van der Waals surface area contributed by atoms with E-state index in [1.54, 1.807) is 18.0 Å². The van der Waals surface area contributed by atoms with Gasteiger partial charge in [-0.2, -0.15) is 0 Å². The van der Waals surface area contributed by atoms with Crippen molar-refractivity contribution in [2.24, 2.45) is 0 Å². The maximum Gasteiger partial charge on any atom is 0.170 e. The topological polar surface area (TPSA) is 40.7 Å². The van der Waals surface area contributed by atoms with E-state index in [4.69, 9.17) is 0 Å². The molecule has 2 rings (SSSR count). The molecule has 0 saturated carbocycles. The van der Waals surface area contributed by atoms with Crippen LogP contribution in [0.25, 0.3) is 0 Å². The van der Waals surface area contributed by atoms with Gasteiger partial charge in [-0.05, 0) is 47.1 Å². The summed E-state index contributed by atoms with van der Waals surface area (Å²) in [6.45, 7) is 5.26. The van der Waals surface area contributed by atoms with E-state index in [0.717, 1.165) is 21.1 Å². The molecule has 2 N–H and O–H groups in total. The number of imidazole rings is 1. The lowest BCUT2D eigenvalue weighted by Gasteiger charge is -2.14. The Morgan fingerprint density at radius 1 is 1.50 bits per heavy atom. The van der Waals surface area contributed by atoms with Crippen molar-refractivity contribution >= 4 is 27.7 Å². The number of hydrogen-bond donors (Lipinski definition) is 2. The summed E-state index contributed by atoms with van der Waals surface area (Å²) in [6, 6.07) is 6.82. The van der Waals surface area contributed by atoms with Crippen molar-refractivity contribution in [1.29, 1.82) is 0 Å². The quantitative estimate of drug-likeness (QED) is 0.873. The summed E-state index contributed by atoms with van der Waals surface area (Å²) in [5.41, 5.74) is 1.28. The number of hydrogen-bond acceptors (Lipinski definition) is 3. The second-order valence-electron chi connectivity index (χ2n) is 3.97. The van der Waals surface area contributed by atoms with E-state index in [9.17, 15) is 0 Å². The average molecular weight is 326 g/mol. The Bertz CT molecular complexity index is 499. The Morgan fingerprint density at radius 3 is 2.94 bits per heavy atom. The Labute approximate surface area is 120 Å². The van der Waals surface area contributed by atoms with E-state index in [-0.39, 0.29) is 0 Å². The van der Waals surface area contributed by atoms with Crippen LogP contribution in [0.15, 0.2) is 45.1 Å². The predicted octanol–water partition coefficient (Wildman–Crippen LogP) is 3.99. The lowest BCUT2D eigenvalue weighted by Crippen LogP contribution is -2.17. The van der Waals surface area contributed by atoms with E-state index >= 15 is 0 Å². The lowest BCUT2D eigenvalue weighted by molar-refractivity contribution is 0.597. The van der Waals surface area contributed by atoms with Crippen LogP contribution in [0, 0.1) is 0 Å². The summed E-state index contributed by atoms with van der Waals surface area (Å²) in [7, 11) is 0. The highest BCUT2D eigenvalue weighted by molar-refractivity contribution is 9.10. The van der Waals surface area contributed by atoms with Crippen molar-refractivity contribution in [2.75, 3.05) is 6.54 Å². The first-order chi connectivity index (χ1) is 8.70. The van der Waals surface area contributed by atoms with Gasteiger partial charge >= 0.3 is 0 Å². The summed E-state index contributed by atoms with van der Waals surface area (Å²) in [4.78, 5) is 8.47. The zero-order valence-corrected chi connectivity index (χ0v) is 12.8. The van der Waals surface area contributed by atoms with Crippen molar-refractivity contribution in [3.05, 3.63) is 40.6 Å². The van der Waals surface area contributed by atoms with E-state index in [2.05, 4.69) is 63.3 Å². The fourth-order valence-electron chi connectivity index (χ4n) is 1.70. The second kappa shape index (κ2) is 6.41. The molecule has 18 heavy (non-hydrogen) atoms. The van der Waals surface area contributed by atoms with Gasteiger partial charge in [-0.15, -0.1) is 0 Å². The first kappa shape index (κ1) is 13.6. The summed E-state index contributed by atoms with van der Waals surface area (Å²) in [5, 5.41) is 4.31. The molecular formula is C13H16BrN3S. The van der Waals surface area contributed by atoms with E-state index < -0.39 is 0 Å². The largest absolute Gasteiger partial charge is 0.339 e. The average Bonchev–Trinajstić information content (AvgIpc) is 2.85. The number of halogens is 1. The van der Waals surface area contributed by atoms with Crippen molar-refractivity contribution in [3.63, 3.8) is 0 Å². The predicted molar refractivity (Wildman–Crippen MR) is 78.9 cm³/mol. The van der Waals surface area contributed by atoms with Crippen LogP contribution >= 0.6 is 27.7 Å². The Kier molecular flexibility index (Phi) is 4.86. The first-order valence-electron chi connectivity index (χ1n) is 5.90. The van der Waals surface area contributed by atoms with Gasteiger partial charge in [0.05, 0.1) is 0 Å². The first-order valence-corrected chi connectivity index (χ1v) is 7.51. The molecule has 5 heteroatoms. The highest BCUT2D eigenvalue weighted by atomic mass is 79.9. The number of aromatic amines is 1. The molecule has 1 heterocycles. The Morgan fingerprint density at radius 2 is 2.33 bits per heavy atom. The van der Waals surface area contributed by atoms with E-state index in [1.165, 1.54) is 5.56 Å². The minimum atomic E-state index is 0.369. The number of nitrogens with zero attached hydrogens (tertiary/aromatic N) is 1. The number of rotatable bonds is 5. The SMILES string of the molecule is CCNC(C)c1ccc(Sc2ncc[nH]2)c(Br)c1. The molecule has 0 fully saturated rings. The van der Waals surface area contributed by atoms with Crippen LogP contribution in [0.1, 0.15) is 25.5 Å². The fourth-order valence-corrected chi connectivity index (χ4v) is 3.08. The van der Waals surface area contributed by atoms with Crippen molar-refractivity contribution in [3.8, 4) is 0 Å². The van der Waals surface area contributed by atoms with Crippen LogP contribution in [0.3, 0.4) is 0 Å². The molecule has 0 bridgehead atoms. The van der Waals surface area contributed by atoms with E-state index in [0.29, 0.717) is 6.04 Å². The van der Waals surface area contributed by atoms with Gasteiger partial charge in [0.25, 0.3) is 0 Å². The third-order valence-corrected chi connectivity index (χ3v) is 4.56. The third kappa shape index (κ3) is 3.37. The molecule has 1 unspecified atom stereocenters. The number of benzene rings is 1. The van der Waals surface area contributed by atoms with Gasteiger partial charge in [0.1, 0.15) is 0 Å². The summed E-state index contributed by atoms with van der Waals surface area (Å²) >= 11 is 5.24. The van der Waals surface area contributed by atoms with Gasteiger partial charge in [-0.1, -0.05) is 24.8 Å². The molecular weight excluding hydrogens is 310 g/mol. The zero-order chi connectivity index (χ0) is 13.0. The normalized spacial score (nSPS) is 12.6. The van der Waals surface area contributed by atoms with Gasteiger partial charge in [0.2, 0.25) is 0 Å². The highest BCUT2D eigenvalue weighted by Crippen LogP contribution is 2.33. The van der Waals surface area contributed by atoms with Crippen molar-refractivity contribution < 1.29 is 0 Å². The molecule has 0 aliphatic rings. The molecule has 3 nitrogen and oxygen atoms in total. The Balaban J connectivity index is 2.14. The summed E-state index contributed by atoms with van der Waals surface area (Å²) in [5.74, 6) is 0. The smallest absolute Gasteiger partial charge is 0.170 e. The minimum Gasteiger partial charge on any atom is -0.339 e. The molecule has 0 amide bonds. The molecule has 1 atom stereocenters. The third-order valence-electron chi connectivity index (χ3n) is 2.65. The van der Waals surface area contributed by atoms with Crippen LogP contribution in [0.2, 0.25) is 0 Å². The standard InChI is InChI=1S/C13H16BrN3S/c1-3-15-9(2)10-4-5-12(11(14)8-10)18-13-16-6-7-17-13/h4-9,15H,3H2,1-2H3,(H,16,17). The maximum atomic E-state index is 4.21. The number of nitrogens with one attached hydrogen (secondary N) is 2. The molecule has 0 spiro atoms. The van der Waals surface area contributed by atoms with Gasteiger partial charge in [0.15, 0.2) is 5.16 Å². The van der Waals surface area contributed by atoms with Gasteiger partial charge in [0, 0.05) is 27.8 Å². The molecule has 0 radical (unpaired) electrons. The Hall–Kier alpha value is -0.780. The van der Waals surface area contributed by atoms with Crippen LogP contribution in [0.5, 0.6) is 0 Å². The molecule has 0 aliphatic heterocycles.